The largest absolute Gasteiger partial charge is 0.302 e. The van der Waals surface area contributed by atoms with Crippen molar-refractivity contribution in [2.45, 2.75) is 6.42 Å². The van der Waals surface area contributed by atoms with Crippen LogP contribution in [0.15, 0.2) is 0 Å². The summed E-state index contributed by atoms with van der Waals surface area (Å²) in [5.74, 6) is -12.4. The molecule has 96 valence electrons. The third-order valence-electron chi connectivity index (χ3n) is 1.90. The molecule has 0 radical (unpaired) electrons. The molecule has 0 heterocycles. The highest BCUT2D eigenvalue weighted by atomic mass is 32.3. The Morgan fingerprint density at radius 3 is 1.47 bits per heavy atom. The molecule has 1 aromatic carbocycles. The molecule has 0 bridgehead atoms. The SMILES string of the molecule is O=S(=O)(F)CCc1c(F)c(F)c(F)c(F)c1F. The van der Waals surface area contributed by atoms with Crippen molar-refractivity contribution in [1.82, 2.24) is 0 Å². The zero-order chi connectivity index (χ0) is 13.4. The molecule has 0 aliphatic heterocycles. The Hall–Kier alpha value is -1.25. The van der Waals surface area contributed by atoms with E-state index in [9.17, 15) is 34.3 Å². The van der Waals surface area contributed by atoms with E-state index >= 15 is 0 Å². The van der Waals surface area contributed by atoms with Crippen LogP contribution in [0.25, 0.3) is 0 Å². The van der Waals surface area contributed by atoms with Gasteiger partial charge >= 0.3 is 10.2 Å². The first-order valence-electron chi connectivity index (χ1n) is 4.07. The molecular weight excluding hydrogens is 274 g/mol. The second-order valence-corrected chi connectivity index (χ2v) is 4.53. The predicted octanol–water partition coefficient (Wildman–Crippen LogP) is 2.22. The molecule has 0 N–H and O–H groups in total. The first-order valence-corrected chi connectivity index (χ1v) is 5.63. The molecule has 0 aromatic heterocycles. The van der Waals surface area contributed by atoms with Gasteiger partial charge in [0.25, 0.3) is 0 Å². The van der Waals surface area contributed by atoms with Gasteiger partial charge in [0.05, 0.1) is 5.75 Å². The van der Waals surface area contributed by atoms with Gasteiger partial charge in [-0.25, -0.2) is 22.0 Å². The van der Waals surface area contributed by atoms with E-state index < -0.39 is 57.0 Å². The third-order valence-corrected chi connectivity index (χ3v) is 2.59. The van der Waals surface area contributed by atoms with Gasteiger partial charge in [0, 0.05) is 5.56 Å². The molecule has 0 aliphatic rings. The normalized spacial score (nSPS) is 11.9. The van der Waals surface area contributed by atoms with Gasteiger partial charge in [-0.1, -0.05) is 0 Å². The highest BCUT2D eigenvalue weighted by Gasteiger charge is 2.26. The summed E-state index contributed by atoms with van der Waals surface area (Å²) >= 11 is 0. The van der Waals surface area contributed by atoms with Gasteiger partial charge in [-0.2, -0.15) is 8.42 Å². The van der Waals surface area contributed by atoms with Crippen molar-refractivity contribution in [2.75, 3.05) is 5.75 Å². The molecule has 0 amide bonds. The van der Waals surface area contributed by atoms with Crippen LogP contribution in [0.3, 0.4) is 0 Å². The molecule has 1 aromatic rings. The highest BCUT2D eigenvalue weighted by Crippen LogP contribution is 2.23. The van der Waals surface area contributed by atoms with E-state index in [2.05, 4.69) is 0 Å². The van der Waals surface area contributed by atoms with E-state index in [0.29, 0.717) is 0 Å². The summed E-state index contributed by atoms with van der Waals surface area (Å²) in [6.07, 6.45) is -1.15. The maximum absolute atomic E-state index is 12.9. The zero-order valence-corrected chi connectivity index (χ0v) is 8.72. The van der Waals surface area contributed by atoms with Crippen LogP contribution in [-0.2, 0) is 16.6 Å². The zero-order valence-electron chi connectivity index (χ0n) is 7.91. The molecule has 0 unspecified atom stereocenters. The minimum atomic E-state index is -5.06. The molecule has 17 heavy (non-hydrogen) atoms. The first kappa shape index (κ1) is 13.8. The van der Waals surface area contributed by atoms with Crippen molar-refractivity contribution in [3.8, 4) is 0 Å². The Balaban J connectivity index is 3.25. The lowest BCUT2D eigenvalue weighted by atomic mass is 10.1. The minimum Gasteiger partial charge on any atom is -0.203 e. The molecule has 0 saturated heterocycles. The maximum Gasteiger partial charge on any atom is 0.302 e. The predicted molar refractivity (Wildman–Crippen MR) is 44.8 cm³/mol. The summed E-state index contributed by atoms with van der Waals surface area (Å²) in [5, 5.41) is 0. The summed E-state index contributed by atoms with van der Waals surface area (Å²) in [7, 11) is -5.06. The van der Waals surface area contributed by atoms with Gasteiger partial charge in [0.15, 0.2) is 23.3 Å². The van der Waals surface area contributed by atoms with Gasteiger partial charge in [-0.3, -0.25) is 0 Å². The van der Waals surface area contributed by atoms with E-state index in [1.807, 2.05) is 0 Å². The van der Waals surface area contributed by atoms with Gasteiger partial charge in [0.2, 0.25) is 5.82 Å². The van der Waals surface area contributed by atoms with Crippen LogP contribution in [0, 0.1) is 29.1 Å². The maximum atomic E-state index is 12.9. The van der Waals surface area contributed by atoms with Crippen LogP contribution >= 0.6 is 0 Å². The Morgan fingerprint density at radius 1 is 0.765 bits per heavy atom. The summed E-state index contributed by atoms with van der Waals surface area (Å²) in [6, 6.07) is 0. The molecule has 0 fully saturated rings. The third kappa shape index (κ3) is 2.90. The standard InChI is InChI=1S/C8H4F6O2S/c9-4-3(1-2-17(14,15)16)5(10)7(12)8(13)6(4)11/h1-2H2. The van der Waals surface area contributed by atoms with Gasteiger partial charge in [-0.15, -0.1) is 3.89 Å². The molecule has 0 aliphatic carbocycles. The van der Waals surface area contributed by atoms with Crippen molar-refractivity contribution in [1.29, 1.82) is 0 Å². The van der Waals surface area contributed by atoms with E-state index in [1.165, 1.54) is 0 Å². The van der Waals surface area contributed by atoms with Crippen molar-refractivity contribution >= 4 is 10.2 Å². The van der Waals surface area contributed by atoms with Crippen molar-refractivity contribution in [2.24, 2.45) is 0 Å². The smallest absolute Gasteiger partial charge is 0.203 e. The van der Waals surface area contributed by atoms with Crippen molar-refractivity contribution in [3.63, 3.8) is 0 Å². The average molecular weight is 278 g/mol. The van der Waals surface area contributed by atoms with E-state index in [-0.39, 0.29) is 0 Å². The fourth-order valence-corrected chi connectivity index (χ4v) is 1.54. The molecule has 0 spiro atoms. The summed E-state index contributed by atoms with van der Waals surface area (Å²) in [6.45, 7) is 0. The second-order valence-electron chi connectivity index (χ2n) is 3.04. The quantitative estimate of drug-likeness (QED) is 0.368. The summed E-state index contributed by atoms with van der Waals surface area (Å²) < 4.78 is 95.9. The molecule has 0 atom stereocenters. The number of hydrogen-bond donors (Lipinski definition) is 0. The van der Waals surface area contributed by atoms with Crippen LogP contribution in [0.5, 0.6) is 0 Å². The minimum absolute atomic E-state index is 1.15. The van der Waals surface area contributed by atoms with Gasteiger partial charge < -0.3 is 0 Å². The monoisotopic (exact) mass is 278 g/mol. The molecule has 9 heteroatoms. The van der Waals surface area contributed by atoms with Crippen molar-refractivity contribution in [3.05, 3.63) is 34.6 Å². The van der Waals surface area contributed by atoms with Crippen LogP contribution in [0.4, 0.5) is 25.8 Å². The number of benzene rings is 1. The average Bonchev–Trinajstić information content (AvgIpc) is 2.22. The van der Waals surface area contributed by atoms with E-state index in [1.54, 1.807) is 0 Å². The summed E-state index contributed by atoms with van der Waals surface area (Å²) in [5.41, 5.74) is -1.36. The molecular formula is C8H4F6O2S. The summed E-state index contributed by atoms with van der Waals surface area (Å²) in [4.78, 5) is 0. The number of halogens is 6. The van der Waals surface area contributed by atoms with Crippen LogP contribution in [0.2, 0.25) is 0 Å². The lowest BCUT2D eigenvalue weighted by Crippen LogP contribution is -2.11. The Bertz CT molecular complexity index is 525. The van der Waals surface area contributed by atoms with Crippen molar-refractivity contribution < 1.29 is 34.3 Å². The highest BCUT2D eigenvalue weighted by molar-refractivity contribution is 7.86. The van der Waals surface area contributed by atoms with Gasteiger partial charge in [0.1, 0.15) is 0 Å². The lowest BCUT2D eigenvalue weighted by molar-refractivity contribution is 0.370. The number of rotatable bonds is 3. The fourth-order valence-electron chi connectivity index (χ4n) is 1.09. The van der Waals surface area contributed by atoms with E-state index in [0.717, 1.165) is 0 Å². The Kier molecular flexibility index (Phi) is 3.70. The topological polar surface area (TPSA) is 34.1 Å². The van der Waals surface area contributed by atoms with Crippen LogP contribution < -0.4 is 0 Å². The molecule has 1 rings (SSSR count). The number of hydrogen-bond acceptors (Lipinski definition) is 2. The van der Waals surface area contributed by atoms with Gasteiger partial charge in [-0.05, 0) is 6.42 Å². The second kappa shape index (κ2) is 4.55. The van der Waals surface area contributed by atoms with E-state index in [4.69, 9.17) is 0 Å². The van der Waals surface area contributed by atoms with Crippen LogP contribution in [-0.4, -0.2) is 14.2 Å². The Morgan fingerprint density at radius 2 is 1.12 bits per heavy atom. The molecule has 0 saturated carbocycles. The molecule has 2 nitrogen and oxygen atoms in total. The Labute approximate surface area is 92.1 Å². The fraction of sp³-hybridized carbons (Fsp3) is 0.250. The first-order chi connectivity index (χ1) is 7.65. The lowest BCUT2D eigenvalue weighted by Gasteiger charge is -2.06. The van der Waals surface area contributed by atoms with Crippen LogP contribution in [0.1, 0.15) is 5.56 Å².